The molecule has 0 saturated carbocycles. The molecule has 7 nitrogen and oxygen atoms in total. The molecule has 0 fully saturated rings. The summed E-state index contributed by atoms with van der Waals surface area (Å²) in [5.74, 6) is 1.54. The number of aromatic amines is 1. The van der Waals surface area contributed by atoms with Gasteiger partial charge in [0.1, 0.15) is 17.3 Å². The maximum atomic E-state index is 12.7. The molecule has 150 valence electrons. The molecule has 0 spiro atoms. The van der Waals surface area contributed by atoms with Crippen molar-refractivity contribution < 1.29 is 14.3 Å². The van der Waals surface area contributed by atoms with Crippen molar-refractivity contribution in [2.75, 3.05) is 20.8 Å². The van der Waals surface area contributed by atoms with Gasteiger partial charge in [0.15, 0.2) is 0 Å². The van der Waals surface area contributed by atoms with Crippen molar-refractivity contribution in [2.24, 2.45) is 0 Å². The quantitative estimate of drug-likeness (QED) is 0.624. The summed E-state index contributed by atoms with van der Waals surface area (Å²) in [6.07, 6.45) is 3.18. The van der Waals surface area contributed by atoms with Crippen LogP contribution in [0.25, 0.3) is 17.0 Å². The topological polar surface area (TPSA) is 84.5 Å². The van der Waals surface area contributed by atoms with Crippen LogP contribution in [0.1, 0.15) is 18.3 Å². The first-order chi connectivity index (χ1) is 14.0. The van der Waals surface area contributed by atoms with E-state index in [9.17, 15) is 9.59 Å². The van der Waals surface area contributed by atoms with Gasteiger partial charge in [-0.2, -0.15) is 0 Å². The highest BCUT2D eigenvalue weighted by molar-refractivity contribution is 5.91. The largest absolute Gasteiger partial charge is 0.497 e. The zero-order valence-corrected chi connectivity index (χ0v) is 16.6. The number of benzene rings is 2. The van der Waals surface area contributed by atoms with Gasteiger partial charge in [0.25, 0.3) is 5.56 Å². The number of hydrogen-bond acceptors (Lipinski definition) is 5. The Labute approximate surface area is 168 Å². The minimum Gasteiger partial charge on any atom is -0.497 e. The standard InChI is InChI=1S/C22H23N3O4/c1-4-25(14-20-23-19-8-6-5-7-18(19)22(27)24-20)21(26)10-9-15-11-16(28-2)13-17(12-15)29-3/h5-13H,4,14H2,1-3H3,(H,23,24,27)/b10-9+. The lowest BCUT2D eigenvalue weighted by Crippen LogP contribution is -2.30. The fraction of sp³-hybridized carbons (Fsp3) is 0.227. The van der Waals surface area contributed by atoms with Crippen LogP contribution in [0, 0.1) is 0 Å². The maximum Gasteiger partial charge on any atom is 0.258 e. The van der Waals surface area contributed by atoms with Crippen LogP contribution in [0.4, 0.5) is 0 Å². The summed E-state index contributed by atoms with van der Waals surface area (Å²) in [5.41, 5.74) is 1.17. The maximum absolute atomic E-state index is 12.7. The van der Waals surface area contributed by atoms with Crippen molar-refractivity contribution in [3.05, 3.63) is 70.3 Å². The number of para-hydroxylation sites is 1. The van der Waals surface area contributed by atoms with E-state index >= 15 is 0 Å². The number of nitrogens with zero attached hydrogens (tertiary/aromatic N) is 2. The lowest BCUT2D eigenvalue weighted by atomic mass is 10.2. The van der Waals surface area contributed by atoms with Gasteiger partial charge in [-0.15, -0.1) is 0 Å². The number of aromatic nitrogens is 2. The number of carbonyl (C=O) groups is 1. The molecule has 0 aliphatic heterocycles. The summed E-state index contributed by atoms with van der Waals surface area (Å²) in [4.78, 5) is 33.7. The second-order valence-corrected chi connectivity index (χ2v) is 6.36. The highest BCUT2D eigenvalue weighted by atomic mass is 16.5. The van der Waals surface area contributed by atoms with Crippen LogP contribution >= 0.6 is 0 Å². The lowest BCUT2D eigenvalue weighted by Gasteiger charge is -2.18. The van der Waals surface area contributed by atoms with E-state index < -0.39 is 0 Å². The molecule has 3 aromatic rings. The van der Waals surface area contributed by atoms with Crippen molar-refractivity contribution in [3.8, 4) is 11.5 Å². The molecule has 0 aliphatic rings. The fourth-order valence-corrected chi connectivity index (χ4v) is 2.93. The van der Waals surface area contributed by atoms with Crippen LogP contribution < -0.4 is 15.0 Å². The average molecular weight is 393 g/mol. The second kappa shape index (κ2) is 9.05. The Morgan fingerprint density at radius 1 is 1.14 bits per heavy atom. The summed E-state index contributed by atoms with van der Waals surface area (Å²) >= 11 is 0. The molecule has 1 heterocycles. The molecule has 1 amide bonds. The van der Waals surface area contributed by atoms with Crippen LogP contribution in [0.3, 0.4) is 0 Å². The van der Waals surface area contributed by atoms with Gasteiger partial charge in [-0.1, -0.05) is 12.1 Å². The molecular weight excluding hydrogens is 370 g/mol. The number of rotatable bonds is 7. The second-order valence-electron chi connectivity index (χ2n) is 6.36. The van der Waals surface area contributed by atoms with E-state index in [1.54, 1.807) is 49.5 Å². The molecule has 2 aromatic carbocycles. The minimum absolute atomic E-state index is 0.190. The normalized spacial score (nSPS) is 11.0. The van der Waals surface area contributed by atoms with E-state index in [2.05, 4.69) is 9.97 Å². The predicted molar refractivity (Wildman–Crippen MR) is 112 cm³/mol. The Kier molecular flexibility index (Phi) is 6.29. The molecule has 0 bridgehead atoms. The van der Waals surface area contributed by atoms with Gasteiger partial charge in [0, 0.05) is 18.7 Å². The monoisotopic (exact) mass is 393 g/mol. The van der Waals surface area contributed by atoms with E-state index in [1.807, 2.05) is 25.1 Å². The molecule has 7 heteroatoms. The predicted octanol–water partition coefficient (Wildman–Crippen LogP) is 3.00. The number of H-pyrrole nitrogens is 1. The number of hydrogen-bond donors (Lipinski definition) is 1. The Morgan fingerprint density at radius 2 is 1.83 bits per heavy atom. The first kappa shape index (κ1) is 20.1. The molecule has 0 saturated heterocycles. The smallest absolute Gasteiger partial charge is 0.258 e. The third kappa shape index (κ3) is 4.82. The van der Waals surface area contributed by atoms with Crippen LogP contribution in [0.5, 0.6) is 11.5 Å². The van der Waals surface area contributed by atoms with E-state index in [0.29, 0.717) is 34.8 Å². The molecule has 29 heavy (non-hydrogen) atoms. The van der Waals surface area contributed by atoms with Gasteiger partial charge in [0.05, 0.1) is 31.7 Å². The molecule has 0 radical (unpaired) electrons. The molecular formula is C22H23N3O4. The van der Waals surface area contributed by atoms with Gasteiger partial charge < -0.3 is 19.4 Å². The van der Waals surface area contributed by atoms with Crippen molar-refractivity contribution in [3.63, 3.8) is 0 Å². The number of fused-ring (bicyclic) bond motifs is 1. The molecule has 1 aromatic heterocycles. The molecule has 3 rings (SSSR count). The molecule has 1 N–H and O–H groups in total. The Balaban J connectivity index is 1.79. The van der Waals surface area contributed by atoms with Crippen LogP contribution in [-0.4, -0.2) is 41.5 Å². The molecule has 0 unspecified atom stereocenters. The van der Waals surface area contributed by atoms with Gasteiger partial charge >= 0.3 is 0 Å². The Bertz CT molecular complexity index is 1080. The van der Waals surface area contributed by atoms with Crippen molar-refractivity contribution in [1.82, 2.24) is 14.9 Å². The number of amides is 1. The number of ether oxygens (including phenoxy) is 2. The highest BCUT2D eigenvalue weighted by Gasteiger charge is 2.12. The summed E-state index contributed by atoms with van der Waals surface area (Å²) in [5, 5.41) is 0.525. The molecule has 0 atom stereocenters. The minimum atomic E-state index is -0.215. The van der Waals surface area contributed by atoms with E-state index in [1.165, 1.54) is 6.08 Å². The number of methoxy groups -OCH3 is 2. The van der Waals surface area contributed by atoms with Gasteiger partial charge in [-0.3, -0.25) is 9.59 Å². The zero-order valence-electron chi connectivity index (χ0n) is 16.6. The number of carbonyl (C=O) groups excluding carboxylic acids is 1. The third-order valence-electron chi connectivity index (χ3n) is 4.49. The highest BCUT2D eigenvalue weighted by Crippen LogP contribution is 2.23. The SMILES string of the molecule is CCN(Cc1nc2ccccc2c(=O)[nH]1)C(=O)/C=C/c1cc(OC)cc(OC)c1. The zero-order chi connectivity index (χ0) is 20.8. The average Bonchev–Trinajstić information content (AvgIpc) is 2.75. The number of likely N-dealkylation sites (N-methyl/N-ethyl adjacent to an activating group) is 1. The van der Waals surface area contributed by atoms with E-state index in [-0.39, 0.29) is 18.0 Å². The van der Waals surface area contributed by atoms with Gasteiger partial charge in [-0.05, 0) is 42.8 Å². The first-order valence-corrected chi connectivity index (χ1v) is 9.22. The number of nitrogens with one attached hydrogen (secondary N) is 1. The van der Waals surface area contributed by atoms with Gasteiger partial charge in [-0.25, -0.2) is 4.98 Å². The summed E-state index contributed by atoms with van der Waals surface area (Å²) in [7, 11) is 3.15. The Morgan fingerprint density at radius 3 is 2.48 bits per heavy atom. The van der Waals surface area contributed by atoms with Gasteiger partial charge in [0.2, 0.25) is 5.91 Å². The lowest BCUT2D eigenvalue weighted by molar-refractivity contribution is -0.126. The first-order valence-electron chi connectivity index (χ1n) is 9.22. The van der Waals surface area contributed by atoms with Crippen molar-refractivity contribution >= 4 is 22.9 Å². The van der Waals surface area contributed by atoms with Crippen LogP contribution in [0.15, 0.2) is 53.3 Å². The van der Waals surface area contributed by atoms with Crippen molar-refractivity contribution in [1.29, 1.82) is 0 Å². The van der Waals surface area contributed by atoms with Crippen LogP contribution in [-0.2, 0) is 11.3 Å². The Hall–Kier alpha value is -3.61. The summed E-state index contributed by atoms with van der Waals surface area (Å²) in [6, 6.07) is 12.5. The third-order valence-corrected chi connectivity index (χ3v) is 4.49. The molecule has 0 aliphatic carbocycles. The summed E-state index contributed by atoms with van der Waals surface area (Å²) < 4.78 is 10.5. The van der Waals surface area contributed by atoms with E-state index in [0.717, 1.165) is 5.56 Å². The van der Waals surface area contributed by atoms with Crippen molar-refractivity contribution in [2.45, 2.75) is 13.5 Å². The summed E-state index contributed by atoms with van der Waals surface area (Å²) in [6.45, 7) is 2.56. The fourth-order valence-electron chi connectivity index (χ4n) is 2.93. The van der Waals surface area contributed by atoms with E-state index in [4.69, 9.17) is 9.47 Å². The van der Waals surface area contributed by atoms with Crippen LogP contribution in [0.2, 0.25) is 0 Å².